The van der Waals surface area contributed by atoms with Gasteiger partial charge in [0.15, 0.2) is 0 Å². The van der Waals surface area contributed by atoms with Crippen LogP contribution >= 0.6 is 15.9 Å². The van der Waals surface area contributed by atoms with Gasteiger partial charge in [0.2, 0.25) is 0 Å². The van der Waals surface area contributed by atoms with Crippen molar-refractivity contribution in [1.29, 1.82) is 0 Å². The van der Waals surface area contributed by atoms with E-state index < -0.39 is 11.6 Å². The van der Waals surface area contributed by atoms with E-state index in [-0.39, 0.29) is 17.2 Å². The maximum Gasteiger partial charge on any atom is 0.145 e. The molecule has 1 N–H and O–H groups in total. The standard InChI is InChI=1S/C16H22BrF2NO/c1-3-9-20-13(10-16(21-2)7-4-8-16)14-12(18)6-5-11(17)15(14)19/h5-6,13,20H,3-4,7-10H2,1-2H3. The Morgan fingerprint density at radius 1 is 1.38 bits per heavy atom. The topological polar surface area (TPSA) is 21.3 Å². The molecule has 21 heavy (non-hydrogen) atoms. The number of methoxy groups -OCH3 is 1. The first kappa shape index (κ1) is 16.8. The lowest BCUT2D eigenvalue weighted by atomic mass is 9.74. The summed E-state index contributed by atoms with van der Waals surface area (Å²) >= 11 is 3.14. The molecular formula is C16H22BrF2NO. The second-order valence-corrected chi connectivity index (χ2v) is 6.56. The molecule has 0 aliphatic heterocycles. The van der Waals surface area contributed by atoms with Gasteiger partial charge in [-0.1, -0.05) is 6.92 Å². The van der Waals surface area contributed by atoms with Gasteiger partial charge in [-0.2, -0.15) is 0 Å². The molecule has 1 aliphatic rings. The van der Waals surface area contributed by atoms with Crippen LogP contribution in [-0.2, 0) is 4.74 Å². The van der Waals surface area contributed by atoms with Gasteiger partial charge in [0.05, 0.1) is 10.1 Å². The number of hydrogen-bond donors (Lipinski definition) is 1. The van der Waals surface area contributed by atoms with E-state index in [0.717, 1.165) is 32.2 Å². The smallest absolute Gasteiger partial charge is 0.145 e. The Kier molecular flexibility index (Phi) is 5.74. The Labute approximate surface area is 133 Å². The summed E-state index contributed by atoms with van der Waals surface area (Å²) < 4.78 is 34.5. The van der Waals surface area contributed by atoms with Crippen molar-refractivity contribution in [3.05, 3.63) is 33.8 Å². The molecule has 0 heterocycles. The van der Waals surface area contributed by atoms with Crippen LogP contribution in [0.3, 0.4) is 0 Å². The fraction of sp³-hybridized carbons (Fsp3) is 0.625. The Hall–Kier alpha value is -0.520. The van der Waals surface area contributed by atoms with Gasteiger partial charge in [-0.15, -0.1) is 0 Å². The van der Waals surface area contributed by atoms with Crippen molar-refractivity contribution in [3.63, 3.8) is 0 Å². The summed E-state index contributed by atoms with van der Waals surface area (Å²) in [4.78, 5) is 0. The Balaban J connectivity index is 2.29. The highest BCUT2D eigenvalue weighted by Gasteiger charge is 2.40. The largest absolute Gasteiger partial charge is 0.378 e. The monoisotopic (exact) mass is 361 g/mol. The minimum Gasteiger partial charge on any atom is -0.378 e. The van der Waals surface area contributed by atoms with E-state index in [9.17, 15) is 8.78 Å². The van der Waals surface area contributed by atoms with Gasteiger partial charge < -0.3 is 10.1 Å². The van der Waals surface area contributed by atoms with Gasteiger partial charge in [-0.3, -0.25) is 0 Å². The summed E-state index contributed by atoms with van der Waals surface area (Å²) in [6, 6.07) is 2.34. The molecule has 0 radical (unpaired) electrons. The molecule has 1 aromatic rings. The minimum atomic E-state index is -0.519. The predicted molar refractivity (Wildman–Crippen MR) is 83.3 cm³/mol. The molecule has 0 saturated heterocycles. The molecule has 2 nitrogen and oxygen atoms in total. The lowest BCUT2D eigenvalue weighted by Gasteiger charge is -2.43. The molecular weight excluding hydrogens is 340 g/mol. The van der Waals surface area contributed by atoms with Crippen LogP contribution in [-0.4, -0.2) is 19.3 Å². The molecule has 1 aromatic carbocycles. The second-order valence-electron chi connectivity index (χ2n) is 5.71. The molecule has 1 aliphatic carbocycles. The summed E-state index contributed by atoms with van der Waals surface area (Å²) in [6.07, 6.45) is 4.51. The van der Waals surface area contributed by atoms with Gasteiger partial charge in [0.1, 0.15) is 11.6 Å². The van der Waals surface area contributed by atoms with Crippen LogP contribution in [0.2, 0.25) is 0 Å². The maximum absolute atomic E-state index is 14.4. The first-order valence-corrected chi connectivity index (χ1v) is 8.24. The highest BCUT2D eigenvalue weighted by molar-refractivity contribution is 9.10. The molecule has 2 rings (SSSR count). The van der Waals surface area contributed by atoms with Crippen LogP contribution in [0.5, 0.6) is 0 Å². The van der Waals surface area contributed by atoms with Gasteiger partial charge in [0, 0.05) is 18.7 Å². The van der Waals surface area contributed by atoms with Crippen LogP contribution in [0.4, 0.5) is 8.78 Å². The van der Waals surface area contributed by atoms with Crippen LogP contribution in [0.25, 0.3) is 0 Å². The van der Waals surface area contributed by atoms with Crippen molar-refractivity contribution < 1.29 is 13.5 Å². The summed E-state index contributed by atoms with van der Waals surface area (Å²) in [5, 5.41) is 3.27. The molecule has 0 bridgehead atoms. The Morgan fingerprint density at radius 2 is 2.10 bits per heavy atom. The number of nitrogens with one attached hydrogen (secondary N) is 1. The zero-order valence-electron chi connectivity index (χ0n) is 12.5. The van der Waals surface area contributed by atoms with E-state index >= 15 is 0 Å². The van der Waals surface area contributed by atoms with Crippen LogP contribution in [0.1, 0.15) is 50.6 Å². The lowest BCUT2D eigenvalue weighted by Crippen LogP contribution is -2.43. The van der Waals surface area contributed by atoms with Crippen LogP contribution < -0.4 is 5.32 Å². The minimum absolute atomic E-state index is 0.112. The van der Waals surface area contributed by atoms with Crippen molar-refractivity contribution in [2.75, 3.05) is 13.7 Å². The highest BCUT2D eigenvalue weighted by atomic mass is 79.9. The van der Waals surface area contributed by atoms with Crippen LogP contribution in [0, 0.1) is 11.6 Å². The summed E-state index contributed by atoms with van der Waals surface area (Å²) in [5.74, 6) is -1.02. The van der Waals surface area contributed by atoms with Gasteiger partial charge in [-0.25, -0.2) is 8.78 Å². The molecule has 5 heteroatoms. The number of ether oxygens (including phenoxy) is 1. The molecule has 1 saturated carbocycles. The predicted octanol–water partition coefficient (Wildman–Crippen LogP) is 4.73. The average molecular weight is 362 g/mol. The first-order chi connectivity index (χ1) is 10.0. The van der Waals surface area contributed by atoms with Crippen molar-refractivity contribution in [1.82, 2.24) is 5.32 Å². The van der Waals surface area contributed by atoms with E-state index in [0.29, 0.717) is 10.9 Å². The summed E-state index contributed by atoms with van der Waals surface area (Å²) in [6.45, 7) is 2.75. The first-order valence-electron chi connectivity index (χ1n) is 7.45. The zero-order chi connectivity index (χ0) is 15.5. The third-order valence-electron chi connectivity index (χ3n) is 4.34. The normalized spacial score (nSPS) is 18.3. The third kappa shape index (κ3) is 3.63. The number of halogens is 3. The molecule has 0 amide bonds. The Bertz CT molecular complexity index is 486. The number of benzene rings is 1. The SMILES string of the molecule is CCCNC(CC1(OC)CCC1)c1c(F)ccc(Br)c1F. The summed E-state index contributed by atoms with van der Waals surface area (Å²) in [7, 11) is 1.68. The fourth-order valence-electron chi connectivity index (χ4n) is 2.89. The van der Waals surface area contributed by atoms with E-state index in [1.54, 1.807) is 7.11 Å². The zero-order valence-corrected chi connectivity index (χ0v) is 14.1. The number of rotatable bonds is 7. The highest BCUT2D eigenvalue weighted by Crippen LogP contribution is 2.43. The van der Waals surface area contributed by atoms with Crippen molar-refractivity contribution >= 4 is 15.9 Å². The molecule has 0 aromatic heterocycles. The van der Waals surface area contributed by atoms with E-state index in [1.807, 2.05) is 6.92 Å². The van der Waals surface area contributed by atoms with Gasteiger partial charge >= 0.3 is 0 Å². The third-order valence-corrected chi connectivity index (χ3v) is 4.96. The second kappa shape index (κ2) is 7.16. The number of hydrogen-bond acceptors (Lipinski definition) is 2. The van der Waals surface area contributed by atoms with Crippen molar-refractivity contribution in [3.8, 4) is 0 Å². The van der Waals surface area contributed by atoms with E-state index in [2.05, 4.69) is 21.2 Å². The fourth-order valence-corrected chi connectivity index (χ4v) is 3.24. The summed E-state index contributed by atoms with van der Waals surface area (Å²) in [5.41, 5.74) is -0.131. The van der Waals surface area contributed by atoms with Crippen molar-refractivity contribution in [2.24, 2.45) is 0 Å². The average Bonchev–Trinajstić information content (AvgIpc) is 2.43. The maximum atomic E-state index is 14.4. The Morgan fingerprint density at radius 3 is 2.62 bits per heavy atom. The lowest BCUT2D eigenvalue weighted by molar-refractivity contribution is -0.0841. The molecule has 0 spiro atoms. The van der Waals surface area contributed by atoms with Gasteiger partial charge in [0.25, 0.3) is 0 Å². The molecule has 1 atom stereocenters. The quantitative estimate of drug-likeness (QED) is 0.709. The van der Waals surface area contributed by atoms with Crippen LogP contribution in [0.15, 0.2) is 16.6 Å². The molecule has 1 unspecified atom stereocenters. The molecule has 118 valence electrons. The van der Waals surface area contributed by atoms with Gasteiger partial charge in [-0.05, 0) is 66.7 Å². The van der Waals surface area contributed by atoms with E-state index in [1.165, 1.54) is 12.1 Å². The van der Waals surface area contributed by atoms with Crippen molar-refractivity contribution in [2.45, 2.75) is 50.7 Å². The molecule has 1 fully saturated rings. The van der Waals surface area contributed by atoms with E-state index in [4.69, 9.17) is 4.74 Å².